The Hall–Kier alpha value is -1.56. The average molecular weight is 645 g/mol. The Morgan fingerprint density at radius 2 is 1.47 bits per heavy atom. The van der Waals surface area contributed by atoms with Crippen LogP contribution in [0, 0.1) is 0 Å². The second kappa shape index (κ2) is 15.1. The molecule has 10 atom stereocenters. The highest BCUT2D eigenvalue weighted by Crippen LogP contribution is 2.47. The molecule has 0 N–H and O–H groups in total. The van der Waals surface area contributed by atoms with Crippen molar-refractivity contribution in [2.24, 2.45) is 0 Å². The molecule has 1 aromatic rings. The highest BCUT2D eigenvalue weighted by molar-refractivity contribution is 6.77. The Morgan fingerprint density at radius 1 is 0.800 bits per heavy atom. The summed E-state index contributed by atoms with van der Waals surface area (Å²) in [5.74, 6) is 0.806. The lowest BCUT2D eigenvalue weighted by Crippen LogP contribution is -2.67. The van der Waals surface area contributed by atoms with Crippen LogP contribution in [0.4, 0.5) is 0 Å². The Kier molecular flexibility index (Phi) is 11.7. The first-order valence-electron chi connectivity index (χ1n) is 17.0. The summed E-state index contributed by atoms with van der Waals surface area (Å²) in [6.45, 7) is 22.8. The largest absolute Gasteiger partial charge is 0.497 e. The van der Waals surface area contributed by atoms with Crippen LogP contribution in [0.25, 0.3) is 0 Å². The molecule has 0 aliphatic carbocycles. The first kappa shape index (κ1) is 34.8. The van der Waals surface area contributed by atoms with E-state index in [0.29, 0.717) is 36.3 Å². The molecule has 8 nitrogen and oxygen atoms in total. The molecule has 0 aromatic heterocycles. The van der Waals surface area contributed by atoms with Crippen LogP contribution >= 0.6 is 0 Å². The van der Waals surface area contributed by atoms with Crippen LogP contribution in [0.3, 0.4) is 0 Å². The molecule has 0 bridgehead atoms. The zero-order valence-corrected chi connectivity index (χ0v) is 29.4. The Bertz CT molecular complexity index is 1090. The third-order valence-corrected chi connectivity index (χ3v) is 16.5. The second-order valence-electron chi connectivity index (χ2n) is 14.0. The highest BCUT2D eigenvalue weighted by Gasteiger charge is 2.57. The van der Waals surface area contributed by atoms with Gasteiger partial charge in [-0.25, -0.2) is 0 Å². The van der Waals surface area contributed by atoms with Crippen LogP contribution in [0.5, 0.6) is 5.75 Å². The molecular formula is C36H56O8Si. The maximum Gasteiger partial charge on any atom is 0.201 e. The Labute approximate surface area is 271 Å². The van der Waals surface area contributed by atoms with E-state index in [4.69, 9.17) is 37.6 Å². The van der Waals surface area contributed by atoms with E-state index in [-0.39, 0.29) is 54.9 Å². The number of benzene rings is 1. The molecule has 1 aromatic carbocycles. The zero-order chi connectivity index (χ0) is 32.3. The van der Waals surface area contributed by atoms with Gasteiger partial charge < -0.3 is 37.6 Å². The third-order valence-electron chi connectivity index (χ3n) is 10.4. The summed E-state index contributed by atoms with van der Waals surface area (Å²) in [7, 11) is -0.627. The normalized spacial score (nSPS) is 35.3. The molecule has 4 fully saturated rings. The molecule has 9 heteroatoms. The molecule has 4 saturated heterocycles. The Morgan fingerprint density at radius 3 is 2.07 bits per heavy atom. The van der Waals surface area contributed by atoms with E-state index in [1.54, 1.807) is 13.2 Å². The summed E-state index contributed by atoms with van der Waals surface area (Å²) < 4.78 is 52.7. The van der Waals surface area contributed by atoms with Gasteiger partial charge in [-0.2, -0.15) is 0 Å². The van der Waals surface area contributed by atoms with Crippen LogP contribution in [-0.2, 0) is 32.8 Å². The fourth-order valence-corrected chi connectivity index (χ4v) is 13.9. The molecule has 0 radical (unpaired) electrons. The summed E-state index contributed by atoms with van der Waals surface area (Å²) in [6.07, 6.45) is 4.64. The molecule has 0 saturated carbocycles. The number of rotatable bonds is 12. The van der Waals surface area contributed by atoms with E-state index in [0.717, 1.165) is 30.6 Å². The monoisotopic (exact) mass is 644 g/mol. The van der Waals surface area contributed by atoms with Crippen molar-refractivity contribution < 1.29 is 37.6 Å². The molecule has 0 amide bonds. The molecule has 5 rings (SSSR count). The minimum atomic E-state index is -2.29. The number of fused-ring (bicyclic) bond motifs is 3. The van der Waals surface area contributed by atoms with Gasteiger partial charge in [-0.3, -0.25) is 0 Å². The number of methoxy groups -OCH3 is 1. The van der Waals surface area contributed by atoms with Gasteiger partial charge in [-0.1, -0.05) is 65.8 Å². The van der Waals surface area contributed by atoms with Crippen LogP contribution in [0.15, 0.2) is 49.6 Å². The lowest BCUT2D eigenvalue weighted by Gasteiger charge is -2.55. The molecular weight excluding hydrogens is 588 g/mol. The first-order valence-corrected chi connectivity index (χ1v) is 19.1. The van der Waals surface area contributed by atoms with Gasteiger partial charge in [-0.15, -0.1) is 13.2 Å². The predicted octanol–water partition coefficient (Wildman–Crippen LogP) is 7.29. The molecule has 4 aliphatic rings. The smallest absolute Gasteiger partial charge is 0.201 e. The van der Waals surface area contributed by atoms with Gasteiger partial charge in [0.05, 0.1) is 50.8 Å². The standard InChI is InChI=1S/C36H56O8Si/c1-10-12-29-33(38-19-11-2)35(44-45(22(3)4,23(5)6)24(7)8)34-31(40-29)20-30-27(42-34)17-18-28-32(41-30)21-39-36(43-28)25-13-15-26(37-9)16-14-25/h10-11,13-16,22-24,27-36H,1-2,12,17-21H2,3-9H3/t27-,28+,29+,30+,31-,32-,33+,34-,35-,36-/m1/s1. The van der Waals surface area contributed by atoms with E-state index in [1.807, 2.05) is 30.3 Å². The first-order chi connectivity index (χ1) is 21.6. The van der Waals surface area contributed by atoms with Crippen molar-refractivity contribution in [1.29, 1.82) is 0 Å². The van der Waals surface area contributed by atoms with Crippen molar-refractivity contribution in [2.75, 3.05) is 20.3 Å². The second-order valence-corrected chi connectivity index (χ2v) is 19.4. The third kappa shape index (κ3) is 7.16. The number of ether oxygens (including phenoxy) is 7. The molecule has 4 heterocycles. The van der Waals surface area contributed by atoms with Crippen molar-refractivity contribution in [1.82, 2.24) is 0 Å². The van der Waals surface area contributed by atoms with Gasteiger partial charge in [-0.05, 0) is 48.0 Å². The predicted molar refractivity (Wildman–Crippen MR) is 177 cm³/mol. The molecule has 45 heavy (non-hydrogen) atoms. The van der Waals surface area contributed by atoms with Gasteiger partial charge in [0.2, 0.25) is 8.32 Å². The lowest BCUT2D eigenvalue weighted by molar-refractivity contribution is -0.302. The van der Waals surface area contributed by atoms with E-state index >= 15 is 0 Å². The van der Waals surface area contributed by atoms with Crippen molar-refractivity contribution in [3.8, 4) is 5.75 Å². The van der Waals surface area contributed by atoms with Crippen molar-refractivity contribution in [3.63, 3.8) is 0 Å². The fourth-order valence-electron chi connectivity index (χ4n) is 8.37. The summed E-state index contributed by atoms with van der Waals surface area (Å²) in [5.41, 5.74) is 2.24. The van der Waals surface area contributed by atoms with Gasteiger partial charge in [0.15, 0.2) is 6.29 Å². The van der Waals surface area contributed by atoms with Crippen LogP contribution in [0.1, 0.15) is 79.1 Å². The summed E-state index contributed by atoms with van der Waals surface area (Å²) in [4.78, 5) is 0. The van der Waals surface area contributed by atoms with E-state index in [2.05, 4.69) is 54.7 Å². The van der Waals surface area contributed by atoms with Crippen molar-refractivity contribution in [3.05, 3.63) is 55.1 Å². The summed E-state index contributed by atoms with van der Waals surface area (Å²) in [5, 5.41) is 0. The van der Waals surface area contributed by atoms with E-state index in [9.17, 15) is 0 Å². The zero-order valence-electron chi connectivity index (χ0n) is 28.4. The molecule has 252 valence electrons. The van der Waals surface area contributed by atoms with E-state index in [1.165, 1.54) is 0 Å². The minimum Gasteiger partial charge on any atom is -0.497 e. The maximum atomic E-state index is 7.55. The molecule has 4 aliphatic heterocycles. The quantitative estimate of drug-likeness (QED) is 0.174. The summed E-state index contributed by atoms with van der Waals surface area (Å²) in [6, 6.07) is 7.85. The SMILES string of the molecule is C=CCO[C@@H]1[C@@H](O[Si](C(C)C)(C(C)C)C(C)C)[C@@H]2O[C@@H]3CC[C@@H]4O[C@H](c5ccc(OC)cc5)OC[C@H]4O[C@H]3C[C@H]2O[C@H]1CC=C. The lowest BCUT2D eigenvalue weighted by atomic mass is 9.86. The van der Waals surface area contributed by atoms with Crippen molar-refractivity contribution in [2.45, 2.75) is 145 Å². The van der Waals surface area contributed by atoms with Gasteiger partial charge >= 0.3 is 0 Å². The van der Waals surface area contributed by atoms with Crippen LogP contribution in [0.2, 0.25) is 16.6 Å². The average Bonchev–Trinajstić information content (AvgIpc) is 3.20. The van der Waals surface area contributed by atoms with Gasteiger partial charge in [0, 0.05) is 12.0 Å². The van der Waals surface area contributed by atoms with Crippen LogP contribution < -0.4 is 4.74 Å². The molecule has 0 spiro atoms. The Balaban J connectivity index is 1.39. The molecule has 0 unspecified atom stereocenters. The van der Waals surface area contributed by atoms with Crippen molar-refractivity contribution >= 4 is 8.32 Å². The number of hydrogen-bond donors (Lipinski definition) is 0. The maximum absolute atomic E-state index is 7.55. The van der Waals surface area contributed by atoms with Gasteiger partial charge in [0.25, 0.3) is 0 Å². The number of hydrogen-bond acceptors (Lipinski definition) is 8. The van der Waals surface area contributed by atoms with E-state index < -0.39 is 14.6 Å². The fraction of sp³-hybridized carbons (Fsp3) is 0.722. The topological polar surface area (TPSA) is 73.8 Å². The van der Waals surface area contributed by atoms with Crippen LogP contribution in [-0.4, -0.2) is 83.6 Å². The summed E-state index contributed by atoms with van der Waals surface area (Å²) >= 11 is 0. The minimum absolute atomic E-state index is 0.0879. The van der Waals surface area contributed by atoms with Gasteiger partial charge in [0.1, 0.15) is 30.2 Å². The highest BCUT2D eigenvalue weighted by atomic mass is 28.4.